The average molecular weight is 394 g/mol. The number of anilines is 1. The summed E-state index contributed by atoms with van der Waals surface area (Å²) in [6, 6.07) is 12.4. The number of hydrogen-bond acceptors (Lipinski definition) is 4. The Kier molecular flexibility index (Phi) is 6.57. The molecule has 1 atom stereocenters. The van der Waals surface area contributed by atoms with Crippen LogP contribution in [0.5, 0.6) is 0 Å². The van der Waals surface area contributed by atoms with Crippen molar-refractivity contribution in [2.45, 2.75) is 59.9 Å². The number of benzene rings is 2. The number of nitrogens with zero attached hydrogens (tertiary/aromatic N) is 2. The van der Waals surface area contributed by atoms with E-state index in [0.29, 0.717) is 11.6 Å². The van der Waals surface area contributed by atoms with E-state index in [4.69, 9.17) is 10.6 Å². The number of carbonyl (C=O) groups is 1. The number of nitrogens with two attached hydrogens (primary N) is 1. The summed E-state index contributed by atoms with van der Waals surface area (Å²) in [4.78, 5) is 15.9. The second-order valence-corrected chi connectivity index (χ2v) is 7.80. The van der Waals surface area contributed by atoms with E-state index in [9.17, 15) is 4.79 Å². The topological polar surface area (TPSA) is 69.6 Å². The standard InChI is InChI=1S/C24H31N3O2/c1-5-7-8-18(6-2)15-27-23-11-9-19(16(3)26-29-17(4)28)13-21(23)22-14-20(25)10-12-24(22)27/h9-14,18H,5-8,15,25H2,1-4H3/b26-16+. The molecule has 1 heterocycles. The third-order valence-corrected chi connectivity index (χ3v) is 5.60. The van der Waals surface area contributed by atoms with Crippen molar-refractivity contribution in [3.05, 3.63) is 42.0 Å². The molecule has 2 N–H and O–H groups in total. The average Bonchev–Trinajstić information content (AvgIpc) is 3.01. The van der Waals surface area contributed by atoms with Crippen molar-refractivity contribution in [3.8, 4) is 0 Å². The molecule has 1 aromatic heterocycles. The molecule has 0 amide bonds. The maximum atomic E-state index is 11.1. The van der Waals surface area contributed by atoms with Crippen LogP contribution in [0.15, 0.2) is 41.6 Å². The monoisotopic (exact) mass is 393 g/mol. The maximum absolute atomic E-state index is 11.1. The van der Waals surface area contributed by atoms with Crippen molar-refractivity contribution < 1.29 is 9.63 Å². The molecular formula is C24H31N3O2. The van der Waals surface area contributed by atoms with Crippen LogP contribution in [0.4, 0.5) is 5.69 Å². The maximum Gasteiger partial charge on any atom is 0.331 e. The first-order valence-corrected chi connectivity index (χ1v) is 10.5. The highest BCUT2D eigenvalue weighted by atomic mass is 16.7. The molecule has 1 unspecified atom stereocenters. The molecule has 0 aliphatic carbocycles. The van der Waals surface area contributed by atoms with Crippen LogP contribution >= 0.6 is 0 Å². The molecule has 3 rings (SSSR count). The number of unbranched alkanes of at least 4 members (excludes halogenated alkanes) is 1. The quantitative estimate of drug-likeness (QED) is 0.225. The number of fused-ring (bicyclic) bond motifs is 3. The van der Waals surface area contributed by atoms with Gasteiger partial charge in [0.15, 0.2) is 0 Å². The molecule has 154 valence electrons. The van der Waals surface area contributed by atoms with E-state index in [-0.39, 0.29) is 0 Å². The first-order chi connectivity index (χ1) is 13.9. The summed E-state index contributed by atoms with van der Waals surface area (Å²) in [5.74, 6) is 0.228. The van der Waals surface area contributed by atoms with Crippen molar-refractivity contribution in [2.24, 2.45) is 11.1 Å². The second kappa shape index (κ2) is 9.12. The summed E-state index contributed by atoms with van der Waals surface area (Å²) in [6.45, 7) is 8.71. The van der Waals surface area contributed by atoms with Gasteiger partial charge in [-0.2, -0.15) is 0 Å². The van der Waals surface area contributed by atoms with Gasteiger partial charge in [-0.05, 0) is 55.2 Å². The van der Waals surface area contributed by atoms with Gasteiger partial charge in [-0.15, -0.1) is 0 Å². The van der Waals surface area contributed by atoms with E-state index < -0.39 is 5.97 Å². The van der Waals surface area contributed by atoms with Crippen LogP contribution in [0.2, 0.25) is 0 Å². The van der Waals surface area contributed by atoms with Gasteiger partial charge in [0.2, 0.25) is 0 Å². The molecule has 0 fully saturated rings. The second-order valence-electron chi connectivity index (χ2n) is 7.80. The van der Waals surface area contributed by atoms with Crippen LogP contribution in [0.3, 0.4) is 0 Å². The van der Waals surface area contributed by atoms with Crippen molar-refractivity contribution in [1.82, 2.24) is 4.57 Å². The number of nitrogen functional groups attached to an aromatic ring is 1. The summed E-state index contributed by atoms with van der Waals surface area (Å²) in [6.07, 6.45) is 4.90. The normalized spacial score (nSPS) is 13.2. The highest BCUT2D eigenvalue weighted by molar-refractivity contribution is 6.12. The van der Waals surface area contributed by atoms with Crippen LogP contribution in [-0.4, -0.2) is 16.2 Å². The predicted molar refractivity (Wildman–Crippen MR) is 121 cm³/mol. The number of aromatic nitrogens is 1. The molecule has 0 aliphatic heterocycles. The summed E-state index contributed by atoms with van der Waals surface area (Å²) >= 11 is 0. The smallest absolute Gasteiger partial charge is 0.331 e. The summed E-state index contributed by atoms with van der Waals surface area (Å²) in [5, 5.41) is 6.23. The summed E-state index contributed by atoms with van der Waals surface area (Å²) in [7, 11) is 0. The van der Waals surface area contributed by atoms with E-state index in [1.54, 1.807) is 0 Å². The van der Waals surface area contributed by atoms with Crippen LogP contribution in [0.1, 0.15) is 58.9 Å². The van der Waals surface area contributed by atoms with Crippen LogP contribution < -0.4 is 5.73 Å². The van der Waals surface area contributed by atoms with Crippen LogP contribution in [-0.2, 0) is 16.2 Å². The lowest BCUT2D eigenvalue weighted by atomic mass is 9.99. The van der Waals surface area contributed by atoms with Crippen LogP contribution in [0, 0.1) is 5.92 Å². The zero-order valence-corrected chi connectivity index (χ0v) is 17.9. The molecular weight excluding hydrogens is 362 g/mol. The Balaban J connectivity index is 2.11. The zero-order chi connectivity index (χ0) is 21.0. The summed E-state index contributed by atoms with van der Waals surface area (Å²) < 4.78 is 2.43. The fourth-order valence-electron chi connectivity index (χ4n) is 3.90. The molecule has 5 heteroatoms. The predicted octanol–water partition coefficient (Wildman–Crippen LogP) is 5.88. The van der Waals surface area contributed by atoms with Gasteiger partial charge in [-0.1, -0.05) is 44.3 Å². The van der Waals surface area contributed by atoms with Gasteiger partial charge >= 0.3 is 5.97 Å². The van der Waals surface area contributed by atoms with E-state index >= 15 is 0 Å². The third kappa shape index (κ3) is 4.61. The molecule has 5 nitrogen and oxygen atoms in total. The van der Waals surface area contributed by atoms with E-state index in [1.807, 2.05) is 25.1 Å². The minimum Gasteiger partial charge on any atom is -0.399 e. The number of hydrogen-bond donors (Lipinski definition) is 1. The minimum absolute atomic E-state index is 0.424. The molecule has 0 spiro atoms. The SMILES string of the molecule is CCCCC(CC)Cn1c2ccc(N)cc2c2cc(/C(C)=N/OC(C)=O)ccc21. The van der Waals surface area contributed by atoms with Gasteiger partial charge in [-0.25, -0.2) is 4.79 Å². The van der Waals surface area contributed by atoms with Crippen molar-refractivity contribution in [2.75, 3.05) is 5.73 Å². The number of carbonyl (C=O) groups excluding carboxylic acids is 1. The molecule has 3 aromatic rings. The van der Waals surface area contributed by atoms with Crippen LogP contribution in [0.25, 0.3) is 21.8 Å². The summed E-state index contributed by atoms with van der Waals surface area (Å²) in [5.41, 5.74) is 10.9. The first kappa shape index (κ1) is 20.9. The Labute approximate surface area is 172 Å². The Morgan fingerprint density at radius 1 is 1.10 bits per heavy atom. The Hall–Kier alpha value is -2.82. The van der Waals surface area contributed by atoms with Gasteiger partial charge in [-0.3, -0.25) is 0 Å². The Morgan fingerprint density at radius 2 is 1.79 bits per heavy atom. The largest absolute Gasteiger partial charge is 0.399 e. The van der Waals surface area contributed by atoms with Gasteiger partial charge < -0.3 is 15.1 Å². The fourth-order valence-corrected chi connectivity index (χ4v) is 3.90. The van der Waals surface area contributed by atoms with Gasteiger partial charge in [0.1, 0.15) is 0 Å². The molecule has 0 saturated heterocycles. The van der Waals surface area contributed by atoms with Gasteiger partial charge in [0, 0.05) is 41.0 Å². The molecule has 0 radical (unpaired) electrons. The Bertz CT molecular complexity index is 1050. The zero-order valence-electron chi connectivity index (χ0n) is 17.9. The van der Waals surface area contributed by atoms with E-state index in [1.165, 1.54) is 43.6 Å². The lowest BCUT2D eigenvalue weighted by molar-refractivity contribution is -0.140. The Morgan fingerprint density at radius 3 is 2.45 bits per heavy atom. The van der Waals surface area contributed by atoms with E-state index in [2.05, 4.69) is 41.8 Å². The fraction of sp³-hybridized carbons (Fsp3) is 0.417. The molecule has 0 bridgehead atoms. The lowest BCUT2D eigenvalue weighted by Crippen LogP contribution is -2.10. The third-order valence-electron chi connectivity index (χ3n) is 5.60. The molecule has 0 saturated carbocycles. The van der Waals surface area contributed by atoms with Crippen molar-refractivity contribution >= 4 is 39.2 Å². The lowest BCUT2D eigenvalue weighted by Gasteiger charge is -2.17. The highest BCUT2D eigenvalue weighted by Gasteiger charge is 2.16. The van der Waals surface area contributed by atoms with E-state index in [0.717, 1.165) is 28.6 Å². The van der Waals surface area contributed by atoms with Crippen molar-refractivity contribution in [1.29, 1.82) is 0 Å². The van der Waals surface area contributed by atoms with Gasteiger partial charge in [0.05, 0.1) is 5.71 Å². The van der Waals surface area contributed by atoms with Gasteiger partial charge in [0.25, 0.3) is 0 Å². The molecule has 29 heavy (non-hydrogen) atoms. The number of rotatable bonds is 8. The highest BCUT2D eigenvalue weighted by Crippen LogP contribution is 2.33. The molecule has 2 aromatic carbocycles. The number of oxime groups is 1. The first-order valence-electron chi connectivity index (χ1n) is 10.5. The van der Waals surface area contributed by atoms with Crippen molar-refractivity contribution in [3.63, 3.8) is 0 Å². The minimum atomic E-state index is -0.424. The molecule has 0 aliphatic rings.